The molecule has 0 aliphatic rings. The SMILES string of the molecule is C=CS/C=C\OC.CC. The zero-order chi connectivity index (χ0) is 7.54. The topological polar surface area (TPSA) is 9.23 Å². The zero-order valence-corrected chi connectivity index (χ0v) is 7.07. The highest BCUT2D eigenvalue weighted by Crippen LogP contribution is 1.99. The molecule has 0 aliphatic carbocycles. The van der Waals surface area contributed by atoms with Gasteiger partial charge in [-0.2, -0.15) is 0 Å². The maximum Gasteiger partial charge on any atom is 0.0890 e. The second kappa shape index (κ2) is 15.6. The van der Waals surface area contributed by atoms with Crippen molar-refractivity contribution in [2.24, 2.45) is 0 Å². The van der Waals surface area contributed by atoms with E-state index in [2.05, 4.69) is 11.3 Å². The third-order valence-corrected chi connectivity index (χ3v) is 0.827. The van der Waals surface area contributed by atoms with Gasteiger partial charge in [-0.3, -0.25) is 0 Å². The van der Waals surface area contributed by atoms with E-state index in [9.17, 15) is 0 Å². The molecular formula is C7H14OS. The summed E-state index contributed by atoms with van der Waals surface area (Å²) in [5, 5.41) is 3.54. The van der Waals surface area contributed by atoms with E-state index < -0.39 is 0 Å². The fraction of sp³-hybridized carbons (Fsp3) is 0.429. The van der Waals surface area contributed by atoms with E-state index in [4.69, 9.17) is 0 Å². The summed E-state index contributed by atoms with van der Waals surface area (Å²) in [6.07, 6.45) is 1.60. The summed E-state index contributed by atoms with van der Waals surface area (Å²) in [4.78, 5) is 0. The van der Waals surface area contributed by atoms with E-state index in [0.717, 1.165) is 0 Å². The Hall–Kier alpha value is -0.370. The highest BCUT2D eigenvalue weighted by Gasteiger charge is 1.62. The summed E-state index contributed by atoms with van der Waals surface area (Å²) < 4.78 is 4.59. The van der Waals surface area contributed by atoms with Crippen molar-refractivity contribution in [1.82, 2.24) is 0 Å². The summed E-state index contributed by atoms with van der Waals surface area (Å²) in [7, 11) is 1.61. The molecule has 0 spiro atoms. The van der Waals surface area contributed by atoms with Crippen molar-refractivity contribution in [2.75, 3.05) is 7.11 Å². The minimum Gasteiger partial charge on any atom is -0.504 e. The highest BCUT2D eigenvalue weighted by molar-refractivity contribution is 8.04. The van der Waals surface area contributed by atoms with Crippen LogP contribution in [-0.4, -0.2) is 7.11 Å². The molecule has 0 saturated carbocycles. The normalized spacial score (nSPS) is 7.89. The quantitative estimate of drug-likeness (QED) is 0.566. The van der Waals surface area contributed by atoms with Crippen LogP contribution in [0.25, 0.3) is 0 Å². The first kappa shape index (κ1) is 11.4. The number of methoxy groups -OCH3 is 1. The molecule has 0 rings (SSSR count). The lowest BCUT2D eigenvalue weighted by Crippen LogP contribution is -1.58. The molecule has 0 heterocycles. The molecular weight excluding hydrogens is 132 g/mol. The summed E-state index contributed by atoms with van der Waals surface area (Å²) in [5.74, 6) is 0. The van der Waals surface area contributed by atoms with E-state index in [0.29, 0.717) is 0 Å². The van der Waals surface area contributed by atoms with Crippen LogP contribution in [0.1, 0.15) is 13.8 Å². The van der Waals surface area contributed by atoms with Crippen molar-refractivity contribution in [2.45, 2.75) is 13.8 Å². The molecule has 0 amide bonds. The highest BCUT2D eigenvalue weighted by atomic mass is 32.2. The van der Waals surface area contributed by atoms with Crippen LogP contribution in [0.15, 0.2) is 23.7 Å². The van der Waals surface area contributed by atoms with Crippen LogP contribution in [-0.2, 0) is 4.74 Å². The summed E-state index contributed by atoms with van der Waals surface area (Å²) >= 11 is 1.49. The maximum absolute atomic E-state index is 4.59. The first-order valence-corrected chi connectivity index (χ1v) is 3.80. The second-order valence-electron chi connectivity index (χ2n) is 0.811. The van der Waals surface area contributed by atoms with Gasteiger partial charge < -0.3 is 4.74 Å². The molecule has 0 fully saturated rings. The minimum absolute atomic E-state index is 1.49. The standard InChI is InChI=1S/C5H8OS.C2H6/c1-3-7-5-4-6-2;1-2/h3-5H,1H2,2H3;1-2H3/b5-4-;. The molecule has 54 valence electrons. The number of hydrogen-bond donors (Lipinski definition) is 0. The van der Waals surface area contributed by atoms with Crippen LogP contribution in [0.2, 0.25) is 0 Å². The Bertz CT molecular complexity index is 69.3. The molecule has 0 aliphatic heterocycles. The van der Waals surface area contributed by atoms with E-state index in [1.54, 1.807) is 18.8 Å². The summed E-state index contributed by atoms with van der Waals surface area (Å²) in [6.45, 7) is 7.49. The van der Waals surface area contributed by atoms with E-state index in [-0.39, 0.29) is 0 Å². The van der Waals surface area contributed by atoms with Gasteiger partial charge in [0.05, 0.1) is 13.4 Å². The molecule has 0 bridgehead atoms. The number of rotatable bonds is 3. The zero-order valence-electron chi connectivity index (χ0n) is 6.26. The summed E-state index contributed by atoms with van der Waals surface area (Å²) in [5.41, 5.74) is 0. The number of ether oxygens (including phenoxy) is 1. The summed E-state index contributed by atoms with van der Waals surface area (Å²) in [6, 6.07) is 0. The predicted molar refractivity (Wildman–Crippen MR) is 45.3 cm³/mol. The molecule has 9 heavy (non-hydrogen) atoms. The molecule has 1 nitrogen and oxygen atoms in total. The van der Waals surface area contributed by atoms with Crippen molar-refractivity contribution in [1.29, 1.82) is 0 Å². The first-order chi connectivity index (χ1) is 4.41. The van der Waals surface area contributed by atoms with Gasteiger partial charge in [-0.25, -0.2) is 0 Å². The van der Waals surface area contributed by atoms with Gasteiger partial charge in [-0.05, 0) is 5.41 Å². The molecule has 0 aromatic heterocycles. The van der Waals surface area contributed by atoms with Crippen molar-refractivity contribution in [3.05, 3.63) is 23.7 Å². The van der Waals surface area contributed by atoms with E-state index in [1.807, 2.05) is 19.3 Å². The number of hydrogen-bond acceptors (Lipinski definition) is 2. The lowest BCUT2D eigenvalue weighted by molar-refractivity contribution is 0.339. The van der Waals surface area contributed by atoms with Crippen LogP contribution in [0, 0.1) is 0 Å². The minimum atomic E-state index is 1.49. The molecule has 0 N–H and O–H groups in total. The third kappa shape index (κ3) is 18.4. The van der Waals surface area contributed by atoms with Crippen molar-refractivity contribution in [3.8, 4) is 0 Å². The average Bonchev–Trinajstić information content (AvgIpc) is 1.94. The van der Waals surface area contributed by atoms with Gasteiger partial charge in [-0.1, -0.05) is 20.4 Å². The van der Waals surface area contributed by atoms with E-state index >= 15 is 0 Å². The molecule has 2 heteroatoms. The third-order valence-electron chi connectivity index (χ3n) is 0.366. The Morgan fingerprint density at radius 2 is 2.00 bits per heavy atom. The van der Waals surface area contributed by atoms with Gasteiger partial charge in [0.25, 0.3) is 0 Å². The Kier molecular flexibility index (Phi) is 19.9. The Morgan fingerprint density at radius 1 is 1.44 bits per heavy atom. The fourth-order valence-corrected chi connectivity index (χ4v) is 0.430. The van der Waals surface area contributed by atoms with Crippen molar-refractivity contribution in [3.63, 3.8) is 0 Å². The molecule has 0 aromatic carbocycles. The van der Waals surface area contributed by atoms with Crippen LogP contribution in [0.5, 0.6) is 0 Å². The van der Waals surface area contributed by atoms with Gasteiger partial charge in [0.15, 0.2) is 0 Å². The molecule has 0 atom stereocenters. The Balaban J connectivity index is 0. The lowest BCUT2D eigenvalue weighted by Gasteiger charge is -1.80. The van der Waals surface area contributed by atoms with Crippen LogP contribution >= 0.6 is 11.8 Å². The first-order valence-electron chi connectivity index (χ1n) is 2.86. The second-order valence-corrected chi connectivity index (χ2v) is 1.69. The number of thioether (sulfide) groups is 1. The van der Waals surface area contributed by atoms with E-state index in [1.165, 1.54) is 11.8 Å². The molecule has 0 unspecified atom stereocenters. The van der Waals surface area contributed by atoms with Gasteiger partial charge in [0.2, 0.25) is 0 Å². The largest absolute Gasteiger partial charge is 0.504 e. The smallest absolute Gasteiger partial charge is 0.0890 e. The fourth-order valence-electron chi connectivity index (χ4n) is 0.143. The molecule has 0 radical (unpaired) electrons. The molecule has 0 aromatic rings. The average molecular weight is 146 g/mol. The maximum atomic E-state index is 4.59. The van der Waals surface area contributed by atoms with Gasteiger partial charge in [0.1, 0.15) is 0 Å². The monoisotopic (exact) mass is 146 g/mol. The van der Waals surface area contributed by atoms with Crippen LogP contribution < -0.4 is 0 Å². The van der Waals surface area contributed by atoms with Crippen LogP contribution in [0.3, 0.4) is 0 Å². The van der Waals surface area contributed by atoms with Gasteiger partial charge in [0, 0.05) is 5.41 Å². The Morgan fingerprint density at radius 3 is 2.33 bits per heavy atom. The lowest BCUT2D eigenvalue weighted by atomic mass is 11.0. The van der Waals surface area contributed by atoms with Crippen molar-refractivity contribution < 1.29 is 4.74 Å². The van der Waals surface area contributed by atoms with Gasteiger partial charge in [-0.15, -0.1) is 11.8 Å². The Labute approximate surface area is 61.8 Å². The van der Waals surface area contributed by atoms with Gasteiger partial charge >= 0.3 is 0 Å². The molecule has 0 saturated heterocycles. The van der Waals surface area contributed by atoms with Crippen molar-refractivity contribution >= 4 is 11.8 Å². The predicted octanol–water partition coefficient (Wildman–Crippen LogP) is 3.01. The van der Waals surface area contributed by atoms with Crippen LogP contribution in [0.4, 0.5) is 0 Å².